The van der Waals surface area contributed by atoms with E-state index in [4.69, 9.17) is 0 Å². The average molecular weight is 160 g/mol. The Morgan fingerprint density at radius 2 is 1.64 bits per heavy atom. The van der Waals surface area contributed by atoms with Crippen molar-refractivity contribution in [3.05, 3.63) is 12.4 Å². The summed E-state index contributed by atoms with van der Waals surface area (Å²) in [6, 6.07) is 0. The molecule has 0 amide bonds. The van der Waals surface area contributed by atoms with E-state index in [9.17, 15) is 0 Å². The van der Waals surface area contributed by atoms with Crippen molar-refractivity contribution in [2.24, 2.45) is 0 Å². The van der Waals surface area contributed by atoms with Gasteiger partial charge in [0.25, 0.3) is 0 Å². The first kappa shape index (κ1) is 16.7. The van der Waals surface area contributed by atoms with Gasteiger partial charge < -0.3 is 10.2 Å². The molecule has 0 aromatic heterocycles. The molecule has 0 rings (SSSR count). The molecule has 0 aromatic carbocycles. The summed E-state index contributed by atoms with van der Waals surface area (Å²) >= 11 is 0. The first-order chi connectivity index (χ1) is 4.59. The maximum atomic E-state index is 3.69. The topological polar surface area (TPSA) is 15.3 Å². The van der Waals surface area contributed by atoms with Crippen LogP contribution in [-0.2, 0) is 0 Å². The second-order valence-electron chi connectivity index (χ2n) is 2.30. The molecule has 0 unspecified atom stereocenters. The van der Waals surface area contributed by atoms with Crippen molar-refractivity contribution < 1.29 is 0 Å². The normalized spacial score (nSPS) is 6.64. The van der Waals surface area contributed by atoms with Gasteiger partial charge in [0.2, 0.25) is 0 Å². The highest BCUT2D eigenvalue weighted by Gasteiger charge is 1.85. The van der Waals surface area contributed by atoms with Crippen molar-refractivity contribution in [3.8, 4) is 0 Å². The van der Waals surface area contributed by atoms with Crippen LogP contribution in [0.5, 0.6) is 0 Å². The summed E-state index contributed by atoms with van der Waals surface area (Å²) in [5.74, 6) is 0.931. The summed E-state index contributed by atoms with van der Waals surface area (Å²) in [6.07, 6.45) is 1.25. The molecule has 0 saturated heterocycles. The van der Waals surface area contributed by atoms with Crippen LogP contribution in [-0.4, -0.2) is 26.0 Å². The fourth-order valence-corrected chi connectivity index (χ4v) is 0.224. The molecular formula is C9H24N2. The van der Waals surface area contributed by atoms with Crippen molar-refractivity contribution in [3.63, 3.8) is 0 Å². The third-order valence-corrected chi connectivity index (χ3v) is 0.828. The molecular weight excluding hydrogens is 136 g/mol. The lowest BCUT2D eigenvalue weighted by Gasteiger charge is -2.13. The third-order valence-electron chi connectivity index (χ3n) is 0.828. The second-order valence-corrected chi connectivity index (χ2v) is 2.30. The predicted molar refractivity (Wildman–Crippen MR) is 54.6 cm³/mol. The number of rotatable bonds is 2. The third kappa shape index (κ3) is 17.6. The van der Waals surface area contributed by atoms with E-state index in [1.165, 1.54) is 6.42 Å². The van der Waals surface area contributed by atoms with Crippen molar-refractivity contribution in [2.45, 2.75) is 27.7 Å². The molecule has 11 heavy (non-hydrogen) atoms. The summed E-state index contributed by atoms with van der Waals surface area (Å²) in [5, 5.41) is 2.90. The van der Waals surface area contributed by atoms with Gasteiger partial charge in [-0.2, -0.15) is 0 Å². The Balaban J connectivity index is -0.000000140. The van der Waals surface area contributed by atoms with Crippen LogP contribution in [0.3, 0.4) is 0 Å². The number of nitrogens with zero attached hydrogens (tertiary/aromatic N) is 1. The number of hydrogen-bond acceptors (Lipinski definition) is 2. The summed E-state index contributed by atoms with van der Waals surface area (Å²) < 4.78 is 0. The van der Waals surface area contributed by atoms with Gasteiger partial charge in [0.15, 0.2) is 0 Å². The van der Waals surface area contributed by atoms with Gasteiger partial charge in [-0.3, -0.25) is 0 Å². The molecule has 0 saturated carbocycles. The zero-order valence-corrected chi connectivity index (χ0v) is 7.86. The minimum Gasteiger partial charge on any atom is -0.375 e. The highest BCUT2D eigenvalue weighted by Crippen LogP contribution is 1.82. The SMILES string of the molecule is C.C=C(NC)N(C)C.CCC. The molecule has 0 bridgehead atoms. The lowest BCUT2D eigenvalue weighted by molar-refractivity contribution is 0.479. The monoisotopic (exact) mass is 160 g/mol. The second kappa shape index (κ2) is 12.1. The molecule has 0 atom stereocenters. The van der Waals surface area contributed by atoms with Gasteiger partial charge in [-0.15, -0.1) is 0 Å². The van der Waals surface area contributed by atoms with Crippen LogP contribution < -0.4 is 5.32 Å². The first-order valence-electron chi connectivity index (χ1n) is 3.64. The van der Waals surface area contributed by atoms with Crippen LogP contribution in [0.4, 0.5) is 0 Å². The molecule has 1 N–H and O–H groups in total. The van der Waals surface area contributed by atoms with Gasteiger partial charge >= 0.3 is 0 Å². The summed E-state index contributed by atoms with van der Waals surface area (Å²) in [7, 11) is 5.74. The quantitative estimate of drug-likeness (QED) is 0.667. The van der Waals surface area contributed by atoms with Gasteiger partial charge in [0.1, 0.15) is 0 Å². The van der Waals surface area contributed by atoms with E-state index in [0.29, 0.717) is 0 Å². The molecule has 0 heterocycles. The fourth-order valence-electron chi connectivity index (χ4n) is 0.224. The van der Waals surface area contributed by atoms with E-state index in [0.717, 1.165) is 5.82 Å². The highest BCUT2D eigenvalue weighted by molar-refractivity contribution is 4.84. The van der Waals surface area contributed by atoms with E-state index >= 15 is 0 Å². The van der Waals surface area contributed by atoms with Gasteiger partial charge in [0, 0.05) is 21.1 Å². The molecule has 0 aliphatic heterocycles. The molecule has 2 heteroatoms. The highest BCUT2D eigenvalue weighted by atomic mass is 15.2. The Bertz CT molecular complexity index is 77.6. The van der Waals surface area contributed by atoms with Crippen LogP contribution >= 0.6 is 0 Å². The van der Waals surface area contributed by atoms with E-state index in [1.54, 1.807) is 0 Å². The smallest absolute Gasteiger partial charge is 0.0930 e. The molecule has 0 aromatic rings. The molecule has 0 fully saturated rings. The zero-order chi connectivity index (χ0) is 8.57. The lowest BCUT2D eigenvalue weighted by Crippen LogP contribution is -2.20. The van der Waals surface area contributed by atoms with Crippen molar-refractivity contribution in [1.82, 2.24) is 10.2 Å². The zero-order valence-electron chi connectivity index (χ0n) is 7.86. The Morgan fingerprint density at radius 1 is 1.36 bits per heavy atom. The van der Waals surface area contributed by atoms with E-state index in [-0.39, 0.29) is 7.43 Å². The number of hydrogen-bond donors (Lipinski definition) is 1. The van der Waals surface area contributed by atoms with Crippen LogP contribution in [0.15, 0.2) is 12.4 Å². The largest absolute Gasteiger partial charge is 0.375 e. The Kier molecular flexibility index (Phi) is 18.4. The van der Waals surface area contributed by atoms with Crippen LogP contribution in [0.1, 0.15) is 27.7 Å². The predicted octanol–water partition coefficient (Wildman–Crippen LogP) is 2.29. The van der Waals surface area contributed by atoms with Crippen molar-refractivity contribution in [2.75, 3.05) is 21.1 Å². The maximum absolute atomic E-state index is 3.69. The van der Waals surface area contributed by atoms with Gasteiger partial charge in [-0.1, -0.05) is 34.3 Å². The minimum atomic E-state index is 0. The van der Waals surface area contributed by atoms with Gasteiger partial charge in [-0.05, 0) is 0 Å². The first-order valence-corrected chi connectivity index (χ1v) is 3.64. The lowest BCUT2D eigenvalue weighted by atomic mass is 10.6. The standard InChI is InChI=1S/C5H12N2.C3H8.CH4/c1-5(6-2)7(3)4;1-3-2;/h6H,1H2,2-4H3;3H2,1-2H3;1H4. The van der Waals surface area contributed by atoms with E-state index in [1.807, 2.05) is 26.0 Å². The molecule has 0 aliphatic carbocycles. The fraction of sp³-hybridized carbons (Fsp3) is 0.778. The summed E-state index contributed by atoms with van der Waals surface area (Å²) in [4.78, 5) is 1.92. The van der Waals surface area contributed by atoms with Crippen LogP contribution in [0.2, 0.25) is 0 Å². The van der Waals surface area contributed by atoms with Crippen LogP contribution in [0, 0.1) is 0 Å². The minimum absolute atomic E-state index is 0. The Hall–Kier alpha value is -0.660. The van der Waals surface area contributed by atoms with Crippen LogP contribution in [0.25, 0.3) is 0 Å². The Labute approximate surface area is 72.3 Å². The Morgan fingerprint density at radius 3 is 1.64 bits per heavy atom. The molecule has 2 nitrogen and oxygen atoms in total. The average Bonchev–Trinajstić information content (AvgIpc) is 1.88. The summed E-state index contributed by atoms with van der Waals surface area (Å²) in [5.41, 5.74) is 0. The summed E-state index contributed by atoms with van der Waals surface area (Å²) in [6.45, 7) is 7.94. The molecule has 70 valence electrons. The van der Waals surface area contributed by atoms with Crippen molar-refractivity contribution in [1.29, 1.82) is 0 Å². The number of nitrogens with one attached hydrogen (secondary N) is 1. The van der Waals surface area contributed by atoms with Gasteiger partial charge in [0.05, 0.1) is 5.82 Å². The molecule has 0 spiro atoms. The van der Waals surface area contributed by atoms with E-state index < -0.39 is 0 Å². The maximum Gasteiger partial charge on any atom is 0.0930 e. The van der Waals surface area contributed by atoms with Gasteiger partial charge in [-0.25, -0.2) is 0 Å². The van der Waals surface area contributed by atoms with Crippen molar-refractivity contribution >= 4 is 0 Å². The molecule has 0 aliphatic rings. The van der Waals surface area contributed by atoms with E-state index in [2.05, 4.69) is 25.7 Å². The molecule has 0 radical (unpaired) electrons.